The Morgan fingerprint density at radius 3 is 2.42 bits per heavy atom. The van der Waals surface area contributed by atoms with Gasteiger partial charge in [0, 0.05) is 24.8 Å². The van der Waals surface area contributed by atoms with E-state index in [9.17, 15) is 9.59 Å². The van der Waals surface area contributed by atoms with Gasteiger partial charge in [0.05, 0.1) is 5.69 Å². The number of rotatable bonds is 5. The summed E-state index contributed by atoms with van der Waals surface area (Å²) in [6.45, 7) is 0. The number of nitrogens with two attached hydrogens (primary N) is 1. The van der Waals surface area contributed by atoms with Crippen LogP contribution in [0.4, 0.5) is 5.82 Å². The van der Waals surface area contributed by atoms with E-state index in [2.05, 4.69) is 10.2 Å². The Balaban J connectivity index is 1.70. The van der Waals surface area contributed by atoms with Crippen LogP contribution in [-0.2, 0) is 4.79 Å². The molecule has 26 heavy (non-hydrogen) atoms. The summed E-state index contributed by atoms with van der Waals surface area (Å²) in [6.07, 6.45) is 3.13. The number of likely N-dealkylation sites (N-methyl/N-ethyl adjacent to an activating group) is 1. The molecule has 3 rings (SSSR count). The number of carbonyl (C=O) groups is 2. The number of primary amides is 1. The lowest BCUT2D eigenvalue weighted by molar-refractivity contribution is -0.113. The molecule has 1 heterocycles. The van der Waals surface area contributed by atoms with Crippen molar-refractivity contribution < 1.29 is 9.59 Å². The average Bonchev–Trinajstić information content (AvgIpc) is 3.16. The van der Waals surface area contributed by atoms with Crippen molar-refractivity contribution in [2.24, 2.45) is 5.73 Å². The standard InChI is InChI=1S/C20H18N4O2/c1-24(18-13-17(22-23-18)15-5-3-2-4-6-15)19(25)12-9-14-7-10-16(11-8-14)20(21)26/h2-13H,1H3,(H2,21,26)(H,22,23)/b12-9+. The maximum atomic E-state index is 12.3. The molecule has 6 heteroatoms. The number of hydrogen-bond acceptors (Lipinski definition) is 3. The molecule has 0 saturated carbocycles. The van der Waals surface area contributed by atoms with Gasteiger partial charge in [-0.2, -0.15) is 5.10 Å². The highest BCUT2D eigenvalue weighted by Crippen LogP contribution is 2.21. The molecule has 2 amide bonds. The van der Waals surface area contributed by atoms with E-state index >= 15 is 0 Å². The second kappa shape index (κ2) is 7.48. The summed E-state index contributed by atoms with van der Waals surface area (Å²) in [5, 5.41) is 7.13. The maximum Gasteiger partial charge on any atom is 0.251 e. The fourth-order valence-corrected chi connectivity index (χ4v) is 2.40. The molecule has 0 radical (unpaired) electrons. The summed E-state index contributed by atoms with van der Waals surface area (Å²) in [5.74, 6) is -0.165. The van der Waals surface area contributed by atoms with Crippen molar-refractivity contribution in [3.8, 4) is 11.3 Å². The van der Waals surface area contributed by atoms with Crippen molar-refractivity contribution in [3.05, 3.63) is 77.9 Å². The predicted molar refractivity (Wildman–Crippen MR) is 101 cm³/mol. The van der Waals surface area contributed by atoms with Gasteiger partial charge in [-0.3, -0.25) is 19.6 Å². The number of carbonyl (C=O) groups excluding carboxylic acids is 2. The Morgan fingerprint density at radius 2 is 1.77 bits per heavy atom. The molecule has 0 unspecified atom stereocenters. The molecule has 3 N–H and O–H groups in total. The Hall–Kier alpha value is -3.67. The Morgan fingerprint density at radius 1 is 1.08 bits per heavy atom. The Labute approximate surface area is 151 Å². The third-order valence-electron chi connectivity index (χ3n) is 3.94. The SMILES string of the molecule is CN(C(=O)/C=C/c1ccc(C(N)=O)cc1)c1cc(-c2ccccc2)[nH]n1. The zero-order valence-electron chi connectivity index (χ0n) is 14.2. The minimum Gasteiger partial charge on any atom is -0.366 e. The molecular formula is C20H18N4O2. The maximum absolute atomic E-state index is 12.3. The topological polar surface area (TPSA) is 92.1 Å². The minimum absolute atomic E-state index is 0.213. The first kappa shape index (κ1) is 17.2. The van der Waals surface area contributed by atoms with Crippen LogP contribution in [0.5, 0.6) is 0 Å². The van der Waals surface area contributed by atoms with Crippen LogP contribution < -0.4 is 10.6 Å². The first-order valence-corrected chi connectivity index (χ1v) is 8.01. The molecule has 0 saturated heterocycles. The summed E-state index contributed by atoms with van der Waals surface area (Å²) in [4.78, 5) is 24.9. The number of anilines is 1. The molecule has 0 aliphatic heterocycles. The number of amides is 2. The number of nitrogens with one attached hydrogen (secondary N) is 1. The van der Waals surface area contributed by atoms with Gasteiger partial charge >= 0.3 is 0 Å². The molecular weight excluding hydrogens is 328 g/mol. The molecule has 3 aromatic rings. The quantitative estimate of drug-likeness (QED) is 0.696. The van der Waals surface area contributed by atoms with Crippen molar-refractivity contribution in [2.75, 3.05) is 11.9 Å². The smallest absolute Gasteiger partial charge is 0.251 e. The van der Waals surface area contributed by atoms with Gasteiger partial charge in [-0.25, -0.2) is 0 Å². The molecule has 0 fully saturated rings. The number of aromatic amines is 1. The van der Waals surface area contributed by atoms with Gasteiger partial charge in [0.25, 0.3) is 5.91 Å². The number of nitrogens with zero attached hydrogens (tertiary/aromatic N) is 2. The summed E-state index contributed by atoms with van der Waals surface area (Å²) < 4.78 is 0. The molecule has 0 bridgehead atoms. The predicted octanol–water partition coefficient (Wildman–Crippen LogP) is 2.85. The van der Waals surface area contributed by atoms with Crippen LogP contribution in [0.2, 0.25) is 0 Å². The molecule has 2 aromatic carbocycles. The highest BCUT2D eigenvalue weighted by Gasteiger charge is 2.12. The van der Waals surface area contributed by atoms with Crippen molar-refractivity contribution in [2.45, 2.75) is 0 Å². The lowest BCUT2D eigenvalue weighted by Crippen LogP contribution is -2.24. The third kappa shape index (κ3) is 3.87. The van der Waals surface area contributed by atoms with E-state index in [1.54, 1.807) is 37.4 Å². The van der Waals surface area contributed by atoms with E-state index in [-0.39, 0.29) is 5.91 Å². The number of hydrogen-bond donors (Lipinski definition) is 2. The number of benzene rings is 2. The lowest BCUT2D eigenvalue weighted by atomic mass is 10.1. The summed E-state index contributed by atoms with van der Waals surface area (Å²) >= 11 is 0. The Bertz CT molecular complexity index is 943. The molecule has 130 valence electrons. The van der Waals surface area contributed by atoms with Crippen molar-refractivity contribution in [1.29, 1.82) is 0 Å². The monoisotopic (exact) mass is 346 g/mol. The van der Waals surface area contributed by atoms with Crippen LogP contribution >= 0.6 is 0 Å². The van der Waals surface area contributed by atoms with E-state index in [0.29, 0.717) is 11.4 Å². The first-order chi connectivity index (χ1) is 12.5. The number of H-pyrrole nitrogens is 1. The van der Waals surface area contributed by atoms with Crippen LogP contribution in [0.15, 0.2) is 66.7 Å². The lowest BCUT2D eigenvalue weighted by Gasteiger charge is -2.10. The van der Waals surface area contributed by atoms with Gasteiger partial charge in [-0.1, -0.05) is 42.5 Å². The van der Waals surface area contributed by atoms with Crippen LogP contribution in [0.3, 0.4) is 0 Å². The van der Waals surface area contributed by atoms with Crippen LogP contribution in [0.1, 0.15) is 15.9 Å². The van der Waals surface area contributed by atoms with E-state index in [4.69, 9.17) is 5.73 Å². The Kier molecular flexibility index (Phi) is 4.94. The summed E-state index contributed by atoms with van der Waals surface area (Å²) in [7, 11) is 1.66. The average molecular weight is 346 g/mol. The summed E-state index contributed by atoms with van der Waals surface area (Å²) in [5.41, 5.74) is 8.26. The fourth-order valence-electron chi connectivity index (χ4n) is 2.40. The first-order valence-electron chi connectivity index (χ1n) is 8.01. The zero-order chi connectivity index (χ0) is 18.5. The minimum atomic E-state index is -0.482. The largest absolute Gasteiger partial charge is 0.366 e. The molecule has 0 spiro atoms. The van der Waals surface area contributed by atoms with Crippen molar-refractivity contribution in [3.63, 3.8) is 0 Å². The molecule has 0 aliphatic rings. The fraction of sp³-hybridized carbons (Fsp3) is 0.0500. The van der Waals surface area contributed by atoms with Gasteiger partial charge < -0.3 is 5.73 Å². The highest BCUT2D eigenvalue weighted by molar-refractivity contribution is 6.03. The molecule has 1 aromatic heterocycles. The van der Waals surface area contributed by atoms with Gasteiger partial charge in [0.1, 0.15) is 0 Å². The number of aromatic nitrogens is 2. The zero-order valence-corrected chi connectivity index (χ0v) is 14.2. The normalized spacial score (nSPS) is 10.8. The van der Waals surface area contributed by atoms with Crippen LogP contribution in [0, 0.1) is 0 Å². The molecule has 6 nitrogen and oxygen atoms in total. The van der Waals surface area contributed by atoms with Gasteiger partial charge in [0.15, 0.2) is 5.82 Å². The van der Waals surface area contributed by atoms with Gasteiger partial charge in [-0.05, 0) is 29.3 Å². The summed E-state index contributed by atoms with van der Waals surface area (Å²) in [6, 6.07) is 18.3. The second-order valence-corrected chi connectivity index (χ2v) is 5.72. The van der Waals surface area contributed by atoms with Crippen LogP contribution in [-0.4, -0.2) is 29.1 Å². The van der Waals surface area contributed by atoms with Crippen molar-refractivity contribution >= 4 is 23.7 Å². The van der Waals surface area contributed by atoms with E-state index in [1.807, 2.05) is 36.4 Å². The van der Waals surface area contributed by atoms with Gasteiger partial charge in [-0.15, -0.1) is 0 Å². The highest BCUT2D eigenvalue weighted by atomic mass is 16.2. The van der Waals surface area contributed by atoms with Crippen molar-refractivity contribution in [1.82, 2.24) is 10.2 Å². The van der Waals surface area contributed by atoms with Gasteiger partial charge in [0.2, 0.25) is 5.91 Å². The third-order valence-corrected chi connectivity index (χ3v) is 3.94. The van der Waals surface area contributed by atoms with Crippen LogP contribution in [0.25, 0.3) is 17.3 Å². The second-order valence-electron chi connectivity index (χ2n) is 5.72. The molecule has 0 aliphatic carbocycles. The molecule has 0 atom stereocenters. The van der Waals surface area contributed by atoms with E-state index < -0.39 is 5.91 Å². The van der Waals surface area contributed by atoms with E-state index in [0.717, 1.165) is 16.8 Å². The van der Waals surface area contributed by atoms with E-state index in [1.165, 1.54) is 11.0 Å².